The third kappa shape index (κ3) is 6.09. The Kier molecular flexibility index (Phi) is 8.49. The summed E-state index contributed by atoms with van der Waals surface area (Å²) in [4.78, 5) is 27.0. The molecule has 0 aromatic heterocycles. The Morgan fingerprint density at radius 3 is 2.29 bits per heavy atom. The Morgan fingerprint density at radius 2 is 1.71 bits per heavy atom. The van der Waals surface area contributed by atoms with Gasteiger partial charge in [-0.25, -0.2) is 0 Å². The van der Waals surface area contributed by atoms with E-state index >= 15 is 0 Å². The molecule has 0 fully saturated rings. The average Bonchev–Trinajstić information content (AvgIpc) is 2.72. The van der Waals surface area contributed by atoms with E-state index < -0.39 is 6.04 Å². The maximum Gasteiger partial charge on any atom is 0.247 e. The predicted octanol–water partition coefficient (Wildman–Crippen LogP) is 2.94. The first-order valence-electron chi connectivity index (χ1n) is 9.28. The second-order valence-electron chi connectivity index (χ2n) is 6.45. The Labute approximate surface area is 166 Å². The van der Waals surface area contributed by atoms with Crippen LogP contribution in [0.3, 0.4) is 0 Å². The van der Waals surface area contributed by atoms with Gasteiger partial charge in [-0.1, -0.05) is 42.5 Å². The smallest absolute Gasteiger partial charge is 0.247 e. The number of rotatable bonds is 10. The van der Waals surface area contributed by atoms with Crippen molar-refractivity contribution in [3.8, 4) is 5.75 Å². The number of nitrogens with zero attached hydrogens (tertiary/aromatic N) is 1. The zero-order valence-corrected chi connectivity index (χ0v) is 16.7. The highest BCUT2D eigenvalue weighted by Gasteiger charge is 2.29. The van der Waals surface area contributed by atoms with Gasteiger partial charge >= 0.3 is 0 Å². The minimum Gasteiger partial charge on any atom is -0.497 e. The number of benzene rings is 2. The highest BCUT2D eigenvalue weighted by molar-refractivity contribution is 5.88. The maximum atomic E-state index is 13.0. The lowest BCUT2D eigenvalue weighted by Crippen LogP contribution is -2.43. The molecule has 1 atom stereocenters. The fourth-order valence-electron chi connectivity index (χ4n) is 2.95. The number of carbonyl (C=O) groups is 2. The minimum atomic E-state index is -0.705. The molecule has 0 heterocycles. The van der Waals surface area contributed by atoms with Gasteiger partial charge in [-0.15, -0.1) is 0 Å². The summed E-state index contributed by atoms with van der Waals surface area (Å²) < 4.78 is 10.2. The van der Waals surface area contributed by atoms with Crippen molar-refractivity contribution in [3.05, 3.63) is 65.7 Å². The second kappa shape index (κ2) is 11.1. The van der Waals surface area contributed by atoms with Crippen molar-refractivity contribution in [1.29, 1.82) is 0 Å². The number of nitrogens with one attached hydrogen (secondary N) is 1. The molecule has 0 aliphatic carbocycles. The average molecular weight is 384 g/mol. The number of hydrogen-bond acceptors (Lipinski definition) is 4. The van der Waals surface area contributed by atoms with Gasteiger partial charge in [0.25, 0.3) is 0 Å². The lowest BCUT2D eigenvalue weighted by Gasteiger charge is -2.30. The molecule has 1 N–H and O–H groups in total. The number of hydrogen-bond donors (Lipinski definition) is 1. The zero-order chi connectivity index (χ0) is 20.4. The van der Waals surface area contributed by atoms with Gasteiger partial charge in [0, 0.05) is 33.7 Å². The van der Waals surface area contributed by atoms with Crippen molar-refractivity contribution in [3.63, 3.8) is 0 Å². The van der Waals surface area contributed by atoms with Gasteiger partial charge in [-0.3, -0.25) is 9.59 Å². The third-order valence-electron chi connectivity index (χ3n) is 4.42. The monoisotopic (exact) mass is 384 g/mol. The van der Waals surface area contributed by atoms with E-state index in [1.54, 1.807) is 19.1 Å². The molecular weight excluding hydrogens is 356 g/mol. The molecule has 150 valence electrons. The van der Waals surface area contributed by atoms with E-state index in [4.69, 9.17) is 9.47 Å². The van der Waals surface area contributed by atoms with Crippen LogP contribution in [0.25, 0.3) is 0 Å². The lowest BCUT2D eigenvalue weighted by molar-refractivity contribution is -0.140. The molecule has 28 heavy (non-hydrogen) atoms. The highest BCUT2D eigenvalue weighted by atomic mass is 16.5. The Hall–Kier alpha value is -2.86. The van der Waals surface area contributed by atoms with Crippen molar-refractivity contribution in [2.45, 2.75) is 25.9 Å². The van der Waals surface area contributed by atoms with E-state index in [2.05, 4.69) is 5.32 Å². The molecule has 0 saturated heterocycles. The normalized spacial score (nSPS) is 11.5. The third-order valence-corrected chi connectivity index (χ3v) is 4.42. The summed E-state index contributed by atoms with van der Waals surface area (Å²) in [5, 5.41) is 2.92. The van der Waals surface area contributed by atoms with Gasteiger partial charge in [0.1, 0.15) is 11.8 Å². The van der Waals surface area contributed by atoms with Crippen molar-refractivity contribution in [1.82, 2.24) is 10.2 Å². The fourth-order valence-corrected chi connectivity index (χ4v) is 2.95. The molecule has 6 heteroatoms. The molecule has 0 saturated carbocycles. The molecule has 2 aromatic carbocycles. The van der Waals surface area contributed by atoms with Gasteiger partial charge < -0.3 is 19.7 Å². The van der Waals surface area contributed by atoms with Crippen molar-refractivity contribution >= 4 is 11.8 Å². The van der Waals surface area contributed by atoms with Crippen LogP contribution in [0.2, 0.25) is 0 Å². The molecule has 0 aliphatic rings. The van der Waals surface area contributed by atoms with Crippen LogP contribution >= 0.6 is 0 Å². The molecule has 0 radical (unpaired) electrons. The summed E-state index contributed by atoms with van der Waals surface area (Å²) >= 11 is 0. The van der Waals surface area contributed by atoms with Gasteiger partial charge in [0.2, 0.25) is 11.8 Å². The van der Waals surface area contributed by atoms with Crippen LogP contribution in [0.1, 0.15) is 30.5 Å². The van der Waals surface area contributed by atoms with Crippen LogP contribution < -0.4 is 10.1 Å². The maximum absolute atomic E-state index is 13.0. The van der Waals surface area contributed by atoms with Gasteiger partial charge in [0.15, 0.2) is 0 Å². The van der Waals surface area contributed by atoms with Crippen molar-refractivity contribution in [2.24, 2.45) is 0 Å². The van der Waals surface area contributed by atoms with E-state index in [0.717, 1.165) is 16.9 Å². The SMILES string of the molecule is COCCCNC(=O)[C@H](c1ccccc1)N(Cc1ccc(OC)cc1)C(C)=O. The molecule has 0 aliphatic heterocycles. The summed E-state index contributed by atoms with van der Waals surface area (Å²) in [5.74, 6) is 0.372. The van der Waals surface area contributed by atoms with E-state index in [1.807, 2.05) is 54.6 Å². The van der Waals surface area contributed by atoms with Crippen LogP contribution in [0.5, 0.6) is 5.75 Å². The first-order valence-corrected chi connectivity index (χ1v) is 9.28. The number of amides is 2. The van der Waals surface area contributed by atoms with E-state index in [-0.39, 0.29) is 11.8 Å². The molecule has 2 aromatic rings. The van der Waals surface area contributed by atoms with Crippen LogP contribution in [-0.2, 0) is 20.9 Å². The fraction of sp³-hybridized carbons (Fsp3) is 0.364. The van der Waals surface area contributed by atoms with E-state index in [0.29, 0.717) is 26.1 Å². The highest BCUT2D eigenvalue weighted by Crippen LogP contribution is 2.24. The van der Waals surface area contributed by atoms with Crippen LogP contribution in [-0.4, -0.2) is 44.1 Å². The lowest BCUT2D eigenvalue weighted by atomic mass is 10.0. The topological polar surface area (TPSA) is 67.9 Å². The van der Waals surface area contributed by atoms with Crippen molar-refractivity contribution in [2.75, 3.05) is 27.4 Å². The quantitative estimate of drug-likeness (QED) is 0.640. The largest absolute Gasteiger partial charge is 0.497 e. The predicted molar refractivity (Wildman–Crippen MR) is 108 cm³/mol. The Bertz CT molecular complexity index is 747. The molecule has 2 amide bonds. The van der Waals surface area contributed by atoms with E-state index in [9.17, 15) is 9.59 Å². The zero-order valence-electron chi connectivity index (χ0n) is 16.7. The molecule has 0 spiro atoms. The standard InChI is InChI=1S/C22H28N2O4/c1-17(25)24(16-18-10-12-20(28-3)13-11-18)21(19-8-5-4-6-9-19)22(26)23-14-7-15-27-2/h4-6,8-13,21H,7,14-16H2,1-3H3,(H,23,26)/t21-/m0/s1. The molecule has 6 nitrogen and oxygen atoms in total. The first kappa shape index (κ1) is 21.4. The van der Waals surface area contributed by atoms with Gasteiger partial charge in [-0.2, -0.15) is 0 Å². The molecule has 0 bridgehead atoms. The van der Waals surface area contributed by atoms with Gasteiger partial charge in [0.05, 0.1) is 7.11 Å². The summed E-state index contributed by atoms with van der Waals surface area (Å²) in [6.45, 7) is 2.87. The van der Waals surface area contributed by atoms with E-state index in [1.165, 1.54) is 6.92 Å². The number of ether oxygens (including phenoxy) is 2. The molecule has 0 unspecified atom stereocenters. The molecular formula is C22H28N2O4. The first-order chi connectivity index (χ1) is 13.6. The summed E-state index contributed by atoms with van der Waals surface area (Å²) in [6.07, 6.45) is 0.711. The van der Waals surface area contributed by atoms with Crippen LogP contribution in [0, 0.1) is 0 Å². The Morgan fingerprint density at radius 1 is 1.04 bits per heavy atom. The summed E-state index contributed by atoms with van der Waals surface area (Å²) in [5.41, 5.74) is 1.69. The van der Waals surface area contributed by atoms with Crippen molar-refractivity contribution < 1.29 is 19.1 Å². The number of methoxy groups -OCH3 is 2. The Balaban J connectivity index is 2.25. The second-order valence-corrected chi connectivity index (χ2v) is 6.45. The van der Waals surface area contributed by atoms with Crippen LogP contribution in [0.15, 0.2) is 54.6 Å². The van der Waals surface area contributed by atoms with Crippen LogP contribution in [0.4, 0.5) is 0 Å². The van der Waals surface area contributed by atoms with Gasteiger partial charge in [-0.05, 0) is 29.7 Å². The minimum absolute atomic E-state index is 0.170. The molecule has 2 rings (SSSR count). The summed E-state index contributed by atoms with van der Waals surface area (Å²) in [7, 11) is 3.23. The summed E-state index contributed by atoms with van der Waals surface area (Å²) in [6, 6.07) is 16.1. The number of carbonyl (C=O) groups excluding carboxylic acids is 2.